The van der Waals surface area contributed by atoms with E-state index in [-0.39, 0.29) is 31.1 Å². The summed E-state index contributed by atoms with van der Waals surface area (Å²) in [6.07, 6.45) is 42.4. The Hall–Kier alpha value is -1.59. The van der Waals surface area contributed by atoms with Gasteiger partial charge in [-0.2, -0.15) is 0 Å². The zero-order valence-corrected chi connectivity index (χ0v) is 38.3. The topological polar surface area (TPSA) is 78.9 Å². The van der Waals surface area contributed by atoms with Crippen molar-refractivity contribution in [3.05, 3.63) is 0 Å². The summed E-state index contributed by atoms with van der Waals surface area (Å²) in [6, 6.07) is 0. The Morgan fingerprint density at radius 3 is 0.875 bits per heavy atom. The third-order valence-corrected chi connectivity index (χ3v) is 11.2. The Balaban J connectivity index is 4.29. The molecule has 1 atom stereocenters. The van der Waals surface area contributed by atoms with Crippen LogP contribution in [0.4, 0.5) is 0 Å². The molecule has 6 heteroatoms. The molecule has 0 amide bonds. The van der Waals surface area contributed by atoms with E-state index >= 15 is 0 Å². The van der Waals surface area contributed by atoms with Gasteiger partial charge in [0.2, 0.25) is 0 Å². The Morgan fingerprint density at radius 1 is 0.339 bits per heavy atom. The molecular formula is C50H96O6. The van der Waals surface area contributed by atoms with E-state index in [0.717, 1.165) is 69.6 Å². The van der Waals surface area contributed by atoms with Gasteiger partial charge in [0.15, 0.2) is 6.10 Å². The van der Waals surface area contributed by atoms with E-state index in [9.17, 15) is 14.4 Å². The maximum Gasteiger partial charge on any atom is 0.306 e. The second-order valence-corrected chi connectivity index (χ2v) is 18.1. The monoisotopic (exact) mass is 793 g/mol. The molecule has 0 aromatic rings. The lowest BCUT2D eigenvalue weighted by Gasteiger charge is -2.18. The number of esters is 3. The largest absolute Gasteiger partial charge is 0.462 e. The van der Waals surface area contributed by atoms with Gasteiger partial charge in [-0.05, 0) is 31.1 Å². The summed E-state index contributed by atoms with van der Waals surface area (Å²) in [6.45, 7) is 11.3. The number of unbranched alkanes of at least 4 members (excludes halogenated alkanes) is 29. The quantitative estimate of drug-likeness (QED) is 0.0347. The second kappa shape index (κ2) is 43.0. The third-order valence-electron chi connectivity index (χ3n) is 11.2. The minimum absolute atomic E-state index is 0.0649. The molecule has 0 bridgehead atoms. The van der Waals surface area contributed by atoms with Crippen molar-refractivity contribution in [3.63, 3.8) is 0 Å². The summed E-state index contributed by atoms with van der Waals surface area (Å²) < 4.78 is 16.8. The van der Waals surface area contributed by atoms with Crippen LogP contribution in [0.25, 0.3) is 0 Å². The highest BCUT2D eigenvalue weighted by molar-refractivity contribution is 5.71. The predicted octanol–water partition coefficient (Wildman–Crippen LogP) is 15.8. The van der Waals surface area contributed by atoms with E-state index in [2.05, 4.69) is 34.6 Å². The van der Waals surface area contributed by atoms with Crippen LogP contribution >= 0.6 is 0 Å². The van der Waals surface area contributed by atoms with E-state index < -0.39 is 6.10 Å². The first-order valence-corrected chi connectivity index (χ1v) is 24.7. The molecule has 0 heterocycles. The van der Waals surface area contributed by atoms with Crippen LogP contribution < -0.4 is 0 Å². The molecule has 0 saturated heterocycles. The van der Waals surface area contributed by atoms with Gasteiger partial charge in [0.25, 0.3) is 0 Å². The standard InChI is InChI=1S/C50H96O6/c1-6-7-8-9-10-11-12-13-14-15-18-22-25-32-37-42-50(53)56-47(44-55-49(52)41-36-31-27-26-29-34-39-46(4)5)43-54-48(51)40-35-30-24-21-19-16-17-20-23-28-33-38-45(2)3/h45-47H,6-44H2,1-5H3/t47-/m0/s1. The van der Waals surface area contributed by atoms with E-state index in [4.69, 9.17) is 14.2 Å². The van der Waals surface area contributed by atoms with Gasteiger partial charge in [0, 0.05) is 19.3 Å². The molecule has 0 aliphatic heterocycles. The number of hydrogen-bond acceptors (Lipinski definition) is 6. The van der Waals surface area contributed by atoms with Crippen molar-refractivity contribution < 1.29 is 28.6 Å². The molecule has 56 heavy (non-hydrogen) atoms. The van der Waals surface area contributed by atoms with Crippen LogP contribution in [-0.2, 0) is 28.6 Å². The smallest absolute Gasteiger partial charge is 0.306 e. The highest BCUT2D eigenvalue weighted by Gasteiger charge is 2.19. The molecule has 0 N–H and O–H groups in total. The molecule has 0 fully saturated rings. The fourth-order valence-corrected chi connectivity index (χ4v) is 7.46. The van der Waals surface area contributed by atoms with Crippen molar-refractivity contribution >= 4 is 17.9 Å². The zero-order valence-electron chi connectivity index (χ0n) is 38.3. The SMILES string of the molecule is CCCCCCCCCCCCCCCCCC(=O)O[C@@H](COC(=O)CCCCCCCCCCCCCC(C)C)COC(=O)CCCCCCCCC(C)C. The molecule has 0 spiro atoms. The van der Waals surface area contributed by atoms with Gasteiger partial charge in [-0.15, -0.1) is 0 Å². The van der Waals surface area contributed by atoms with Gasteiger partial charge in [0.1, 0.15) is 13.2 Å². The number of carbonyl (C=O) groups is 3. The van der Waals surface area contributed by atoms with Crippen LogP contribution in [0.5, 0.6) is 0 Å². The lowest BCUT2D eigenvalue weighted by molar-refractivity contribution is -0.167. The van der Waals surface area contributed by atoms with E-state index in [1.807, 2.05) is 0 Å². The number of hydrogen-bond donors (Lipinski definition) is 0. The van der Waals surface area contributed by atoms with Crippen molar-refractivity contribution in [1.29, 1.82) is 0 Å². The molecule has 0 aromatic carbocycles. The Kier molecular flexibility index (Phi) is 41.8. The summed E-state index contributed by atoms with van der Waals surface area (Å²) in [7, 11) is 0. The average molecular weight is 793 g/mol. The minimum atomic E-state index is -0.761. The van der Waals surface area contributed by atoms with Gasteiger partial charge in [-0.3, -0.25) is 14.4 Å². The lowest BCUT2D eigenvalue weighted by atomic mass is 10.0. The van der Waals surface area contributed by atoms with Crippen molar-refractivity contribution in [2.24, 2.45) is 11.8 Å². The minimum Gasteiger partial charge on any atom is -0.462 e. The number of carbonyl (C=O) groups excluding carboxylic acids is 3. The maximum atomic E-state index is 12.7. The zero-order chi connectivity index (χ0) is 41.2. The van der Waals surface area contributed by atoms with Crippen LogP contribution in [0.1, 0.15) is 272 Å². The lowest BCUT2D eigenvalue weighted by Crippen LogP contribution is -2.30. The van der Waals surface area contributed by atoms with Crippen molar-refractivity contribution in [2.45, 2.75) is 278 Å². The summed E-state index contributed by atoms with van der Waals surface area (Å²) in [5.74, 6) is 0.734. The van der Waals surface area contributed by atoms with Gasteiger partial charge in [-0.25, -0.2) is 0 Å². The molecular weight excluding hydrogens is 697 g/mol. The Morgan fingerprint density at radius 2 is 0.589 bits per heavy atom. The molecule has 0 aromatic heterocycles. The third kappa shape index (κ3) is 43.5. The summed E-state index contributed by atoms with van der Waals surface area (Å²) in [4.78, 5) is 37.8. The Labute approximate surface area is 348 Å². The van der Waals surface area contributed by atoms with Crippen LogP contribution in [-0.4, -0.2) is 37.2 Å². The van der Waals surface area contributed by atoms with Gasteiger partial charge >= 0.3 is 17.9 Å². The van der Waals surface area contributed by atoms with Crippen molar-refractivity contribution in [2.75, 3.05) is 13.2 Å². The molecule has 0 radical (unpaired) electrons. The van der Waals surface area contributed by atoms with Gasteiger partial charge < -0.3 is 14.2 Å². The summed E-state index contributed by atoms with van der Waals surface area (Å²) >= 11 is 0. The van der Waals surface area contributed by atoms with E-state index in [0.29, 0.717) is 19.3 Å². The fourth-order valence-electron chi connectivity index (χ4n) is 7.46. The van der Waals surface area contributed by atoms with Crippen LogP contribution in [0, 0.1) is 11.8 Å². The van der Waals surface area contributed by atoms with Crippen LogP contribution in [0.3, 0.4) is 0 Å². The van der Waals surface area contributed by atoms with Gasteiger partial charge in [0.05, 0.1) is 0 Å². The number of rotatable bonds is 44. The molecule has 332 valence electrons. The first-order chi connectivity index (χ1) is 27.2. The van der Waals surface area contributed by atoms with Crippen molar-refractivity contribution in [1.82, 2.24) is 0 Å². The maximum absolute atomic E-state index is 12.7. The molecule has 0 aliphatic rings. The highest BCUT2D eigenvalue weighted by Crippen LogP contribution is 2.17. The first kappa shape index (κ1) is 54.4. The van der Waals surface area contributed by atoms with Crippen LogP contribution in [0.2, 0.25) is 0 Å². The Bertz CT molecular complexity index is 854. The fraction of sp³-hybridized carbons (Fsp3) is 0.940. The normalized spacial score (nSPS) is 12.1. The number of ether oxygens (including phenoxy) is 3. The molecule has 0 unspecified atom stereocenters. The molecule has 0 aliphatic carbocycles. The molecule has 6 nitrogen and oxygen atoms in total. The highest BCUT2D eigenvalue weighted by atomic mass is 16.6. The molecule has 0 rings (SSSR count). The van der Waals surface area contributed by atoms with Gasteiger partial charge in [-0.1, -0.05) is 234 Å². The second-order valence-electron chi connectivity index (χ2n) is 18.1. The summed E-state index contributed by atoms with van der Waals surface area (Å²) in [5, 5.41) is 0. The first-order valence-electron chi connectivity index (χ1n) is 24.7. The van der Waals surface area contributed by atoms with E-state index in [1.54, 1.807) is 0 Å². The van der Waals surface area contributed by atoms with E-state index in [1.165, 1.54) is 161 Å². The summed E-state index contributed by atoms with van der Waals surface area (Å²) in [5.41, 5.74) is 0. The van der Waals surface area contributed by atoms with Crippen molar-refractivity contribution in [3.8, 4) is 0 Å². The average Bonchev–Trinajstić information content (AvgIpc) is 3.16. The molecule has 0 saturated carbocycles. The van der Waals surface area contributed by atoms with Crippen LogP contribution in [0.15, 0.2) is 0 Å². The predicted molar refractivity (Wildman–Crippen MR) is 238 cm³/mol.